The van der Waals surface area contributed by atoms with E-state index in [2.05, 4.69) is 29.1 Å². The van der Waals surface area contributed by atoms with E-state index in [9.17, 15) is 24.6 Å². The third kappa shape index (κ3) is 14.7. The summed E-state index contributed by atoms with van der Waals surface area (Å²) in [6, 6.07) is 4.91. The SMILES string of the molecule is CCCCC(CCC)N(CC(=O)N(C)CCc1ccccn1)C(=O)C[C@@H](Cc1csc(N)n1)C(=O)N[C@@H](CC1CCCCC1)[C@@H](O)[C@@H](O)CC(C)C. The molecule has 2 aromatic heterocycles. The highest BCUT2D eigenvalue weighted by atomic mass is 32.1. The van der Waals surface area contributed by atoms with E-state index < -0.39 is 24.2 Å². The van der Waals surface area contributed by atoms with Gasteiger partial charge in [-0.05, 0) is 49.7 Å². The molecule has 0 radical (unpaired) electrons. The van der Waals surface area contributed by atoms with E-state index >= 15 is 0 Å². The summed E-state index contributed by atoms with van der Waals surface area (Å²) in [7, 11) is 1.75. The van der Waals surface area contributed by atoms with E-state index in [0.717, 1.165) is 63.5 Å². The molecule has 1 fully saturated rings. The van der Waals surface area contributed by atoms with Crippen LogP contribution >= 0.6 is 11.3 Å². The summed E-state index contributed by atoms with van der Waals surface area (Å²) in [4.78, 5) is 54.6. The summed E-state index contributed by atoms with van der Waals surface area (Å²) in [5.41, 5.74) is 7.48. The van der Waals surface area contributed by atoms with Gasteiger partial charge in [0, 0.05) is 56.2 Å². The Kier molecular flexibility index (Phi) is 19.0. The molecule has 292 valence electrons. The number of nitrogens with zero attached hydrogens (tertiary/aromatic N) is 4. The first-order valence-corrected chi connectivity index (χ1v) is 20.6. The molecule has 3 amide bonds. The number of nitrogens with two attached hydrogens (primary N) is 1. The van der Waals surface area contributed by atoms with Gasteiger partial charge in [0.25, 0.3) is 0 Å². The minimum atomic E-state index is -1.14. The highest BCUT2D eigenvalue weighted by Gasteiger charge is 2.35. The maximum Gasteiger partial charge on any atom is 0.241 e. The van der Waals surface area contributed by atoms with Crippen molar-refractivity contribution in [1.29, 1.82) is 0 Å². The Hall–Kier alpha value is -3.09. The molecule has 0 spiro atoms. The molecule has 1 unspecified atom stereocenters. The number of amides is 3. The number of aromatic nitrogens is 2. The van der Waals surface area contributed by atoms with Crippen molar-refractivity contribution >= 4 is 34.2 Å². The van der Waals surface area contributed by atoms with E-state index in [1.807, 2.05) is 32.0 Å². The number of pyridine rings is 1. The van der Waals surface area contributed by atoms with Gasteiger partial charge in [-0.15, -0.1) is 11.3 Å². The van der Waals surface area contributed by atoms with Crippen LogP contribution in [0.15, 0.2) is 29.8 Å². The normalized spacial score (nSPS) is 16.5. The predicted molar refractivity (Wildman–Crippen MR) is 208 cm³/mol. The van der Waals surface area contributed by atoms with Gasteiger partial charge < -0.3 is 31.1 Å². The van der Waals surface area contributed by atoms with Crippen LogP contribution in [-0.2, 0) is 27.2 Å². The van der Waals surface area contributed by atoms with Crippen LogP contribution < -0.4 is 11.1 Å². The van der Waals surface area contributed by atoms with E-state index in [0.29, 0.717) is 42.6 Å². The Labute approximate surface area is 316 Å². The molecule has 52 heavy (non-hydrogen) atoms. The largest absolute Gasteiger partial charge is 0.390 e. The van der Waals surface area contributed by atoms with Crippen molar-refractivity contribution in [1.82, 2.24) is 25.1 Å². The lowest BCUT2D eigenvalue weighted by Crippen LogP contribution is -2.52. The molecular weight excluding hydrogens is 677 g/mol. The molecule has 12 heteroatoms. The maximum absolute atomic E-state index is 14.5. The average molecular weight is 743 g/mol. The first-order valence-electron chi connectivity index (χ1n) is 19.7. The number of carbonyl (C=O) groups excluding carboxylic acids is 3. The third-order valence-electron chi connectivity index (χ3n) is 10.4. The van der Waals surface area contributed by atoms with Crippen LogP contribution in [-0.4, -0.2) is 92.1 Å². The molecule has 1 aliphatic carbocycles. The van der Waals surface area contributed by atoms with E-state index in [4.69, 9.17) is 5.73 Å². The lowest BCUT2D eigenvalue weighted by molar-refractivity contribution is -0.144. The number of thiazole rings is 1. The Morgan fingerprint density at radius 3 is 2.40 bits per heavy atom. The van der Waals surface area contributed by atoms with Gasteiger partial charge in [-0.25, -0.2) is 4.98 Å². The number of unbranched alkanes of at least 4 members (excludes halogenated alkanes) is 1. The van der Waals surface area contributed by atoms with Crippen molar-refractivity contribution in [3.05, 3.63) is 41.2 Å². The van der Waals surface area contributed by atoms with Crippen LogP contribution in [0.5, 0.6) is 0 Å². The molecule has 1 saturated carbocycles. The maximum atomic E-state index is 14.5. The first kappa shape index (κ1) is 43.3. The molecule has 2 aromatic rings. The van der Waals surface area contributed by atoms with Gasteiger partial charge in [-0.1, -0.05) is 85.1 Å². The van der Waals surface area contributed by atoms with Crippen LogP contribution in [0.25, 0.3) is 0 Å². The Balaban J connectivity index is 1.87. The highest BCUT2D eigenvalue weighted by molar-refractivity contribution is 7.13. The fraction of sp³-hybridized carbons (Fsp3) is 0.725. The number of hydrogen-bond acceptors (Lipinski definition) is 9. The predicted octanol–water partition coefficient (Wildman–Crippen LogP) is 5.78. The topological polar surface area (TPSA) is 162 Å². The Morgan fingerprint density at radius 1 is 1.04 bits per heavy atom. The molecule has 0 aliphatic heterocycles. The van der Waals surface area contributed by atoms with Crippen LogP contribution in [0.3, 0.4) is 0 Å². The van der Waals surface area contributed by atoms with Crippen molar-refractivity contribution in [2.45, 2.75) is 148 Å². The van der Waals surface area contributed by atoms with Gasteiger partial charge in [-0.3, -0.25) is 19.4 Å². The molecule has 1 aliphatic rings. The average Bonchev–Trinajstić information content (AvgIpc) is 3.54. The minimum absolute atomic E-state index is 0.0751. The Morgan fingerprint density at radius 2 is 1.79 bits per heavy atom. The zero-order valence-corrected chi connectivity index (χ0v) is 33.2. The van der Waals surface area contributed by atoms with Crippen molar-refractivity contribution in [2.75, 3.05) is 25.9 Å². The van der Waals surface area contributed by atoms with Gasteiger partial charge in [0.15, 0.2) is 5.13 Å². The third-order valence-corrected chi connectivity index (χ3v) is 11.1. The number of anilines is 1. The number of hydrogen-bond donors (Lipinski definition) is 4. The number of nitrogens with one attached hydrogen (secondary N) is 1. The molecule has 2 heterocycles. The zero-order chi connectivity index (χ0) is 38.0. The standard InChI is InChI=1S/C40H66N6O5S/c1-6-8-18-33(14-7-2)46(26-37(49)45(5)21-19-31-17-12-13-20-42-31)36(48)25-30(24-32-27-52-40(41)43-32)39(51)44-34(23-29-15-10-9-11-16-29)38(50)35(47)22-28(3)4/h12-13,17,20,27-30,33-35,38,47,50H,6-11,14-16,18-19,21-26H2,1-5H3,(H2,41,43)(H,44,51)/t30-,33?,34+,35+,38-/m1/s1. The van der Waals surface area contributed by atoms with Gasteiger partial charge in [0.05, 0.1) is 30.3 Å². The quantitative estimate of drug-likeness (QED) is 0.111. The molecule has 5 atom stereocenters. The summed E-state index contributed by atoms with van der Waals surface area (Å²) in [6.45, 7) is 8.57. The highest BCUT2D eigenvalue weighted by Crippen LogP contribution is 2.30. The number of carbonyl (C=O) groups is 3. The van der Waals surface area contributed by atoms with Gasteiger partial charge >= 0.3 is 0 Å². The smallest absolute Gasteiger partial charge is 0.241 e. The van der Waals surface area contributed by atoms with E-state index in [1.165, 1.54) is 17.8 Å². The second kappa shape index (κ2) is 22.9. The Bertz CT molecular complexity index is 1340. The van der Waals surface area contributed by atoms with Crippen molar-refractivity contribution in [3.8, 4) is 0 Å². The fourth-order valence-corrected chi connectivity index (χ4v) is 7.96. The molecule has 3 rings (SSSR count). The first-order chi connectivity index (χ1) is 24.9. The summed E-state index contributed by atoms with van der Waals surface area (Å²) in [5.74, 6) is -1.09. The van der Waals surface area contributed by atoms with E-state index in [-0.39, 0.29) is 49.1 Å². The number of rotatable bonds is 23. The second-order valence-corrected chi connectivity index (χ2v) is 16.2. The fourth-order valence-electron chi connectivity index (χ4n) is 7.38. The lowest BCUT2D eigenvalue weighted by Gasteiger charge is -2.35. The number of aliphatic hydroxyl groups excluding tert-OH is 2. The zero-order valence-electron chi connectivity index (χ0n) is 32.3. The summed E-state index contributed by atoms with van der Waals surface area (Å²) in [5, 5.41) is 27.7. The number of likely N-dealkylation sites (N-methyl/N-ethyl adjacent to an activating group) is 1. The molecule has 11 nitrogen and oxygen atoms in total. The minimum Gasteiger partial charge on any atom is -0.390 e. The number of nitrogen functional groups attached to an aromatic ring is 1. The lowest BCUT2D eigenvalue weighted by atomic mass is 9.82. The van der Waals surface area contributed by atoms with Gasteiger partial charge in [-0.2, -0.15) is 0 Å². The van der Waals surface area contributed by atoms with E-state index in [1.54, 1.807) is 28.4 Å². The van der Waals surface area contributed by atoms with Gasteiger partial charge in [0.1, 0.15) is 6.10 Å². The molecule has 5 N–H and O–H groups in total. The van der Waals surface area contributed by atoms with Crippen LogP contribution in [0.1, 0.15) is 123 Å². The molecule has 0 aromatic carbocycles. The summed E-state index contributed by atoms with van der Waals surface area (Å²) < 4.78 is 0. The van der Waals surface area contributed by atoms with Crippen LogP contribution in [0.4, 0.5) is 5.13 Å². The number of aliphatic hydroxyl groups is 2. The van der Waals surface area contributed by atoms with Crippen LogP contribution in [0, 0.1) is 17.8 Å². The van der Waals surface area contributed by atoms with Crippen molar-refractivity contribution in [2.24, 2.45) is 17.8 Å². The molecule has 0 saturated heterocycles. The van der Waals surface area contributed by atoms with Gasteiger partial charge in [0.2, 0.25) is 17.7 Å². The summed E-state index contributed by atoms with van der Waals surface area (Å²) in [6.07, 6.45) is 10.9. The molecule has 0 bridgehead atoms. The van der Waals surface area contributed by atoms with Crippen LogP contribution in [0.2, 0.25) is 0 Å². The van der Waals surface area contributed by atoms with Crippen molar-refractivity contribution in [3.63, 3.8) is 0 Å². The summed E-state index contributed by atoms with van der Waals surface area (Å²) >= 11 is 1.28. The van der Waals surface area contributed by atoms with Crippen molar-refractivity contribution < 1.29 is 24.6 Å². The monoisotopic (exact) mass is 742 g/mol. The second-order valence-electron chi connectivity index (χ2n) is 15.3. The molecular formula is C40H66N6O5S.